The van der Waals surface area contributed by atoms with Crippen LogP contribution in [0.25, 0.3) is 0 Å². The molecule has 3 unspecified atom stereocenters. The van der Waals surface area contributed by atoms with E-state index in [9.17, 15) is 13.6 Å². The molecular weight excluding hydrogens is 366 g/mol. The van der Waals surface area contributed by atoms with Gasteiger partial charge in [0.05, 0.1) is 16.6 Å². The molecule has 2 aliphatic rings. The Morgan fingerprint density at radius 3 is 2.56 bits per heavy atom. The lowest BCUT2D eigenvalue weighted by Crippen LogP contribution is -2.99. The first kappa shape index (κ1) is 18.4. The van der Waals surface area contributed by atoms with E-state index in [4.69, 9.17) is 5.21 Å². The largest absolute Gasteiger partial charge is 0.595 e. The fourth-order valence-electron chi connectivity index (χ4n) is 4.23. The first-order valence-corrected chi connectivity index (χ1v) is 10.4. The van der Waals surface area contributed by atoms with E-state index in [0.29, 0.717) is 0 Å². The third-order valence-electron chi connectivity index (χ3n) is 5.56. The highest BCUT2D eigenvalue weighted by Crippen LogP contribution is 2.47. The SMILES string of the molecule is Cc1ccc2c(c1)C1CN(C)CCC1N2S(=O)(=O)c1ccc([NH+]([O-])O)cc1. The maximum absolute atomic E-state index is 13.5. The minimum absolute atomic E-state index is 0.0727. The molecule has 2 N–H and O–H groups in total. The molecular formula is C19H23N3O4S. The molecule has 2 aromatic carbocycles. The topological polar surface area (TPSA) is 88.4 Å². The van der Waals surface area contributed by atoms with Gasteiger partial charge in [-0.25, -0.2) is 13.6 Å². The van der Waals surface area contributed by atoms with Crippen molar-refractivity contribution in [2.75, 3.05) is 24.4 Å². The van der Waals surface area contributed by atoms with Crippen LogP contribution < -0.4 is 9.53 Å². The highest BCUT2D eigenvalue weighted by atomic mass is 32.2. The van der Waals surface area contributed by atoms with E-state index in [2.05, 4.69) is 18.0 Å². The number of nitrogens with one attached hydrogen (secondary N) is 1. The number of piperidine rings is 1. The normalized spacial score (nSPS) is 23.8. The number of benzene rings is 2. The van der Waals surface area contributed by atoms with E-state index in [1.807, 2.05) is 19.1 Å². The van der Waals surface area contributed by atoms with Crippen LogP contribution >= 0.6 is 0 Å². The molecule has 7 nitrogen and oxygen atoms in total. The van der Waals surface area contributed by atoms with Crippen LogP contribution in [0.3, 0.4) is 0 Å². The summed E-state index contributed by atoms with van der Waals surface area (Å²) < 4.78 is 28.5. The predicted octanol–water partition coefficient (Wildman–Crippen LogP) is 1.40. The number of rotatable bonds is 3. The number of aryl methyl sites for hydroxylation is 1. The molecule has 0 saturated carbocycles. The van der Waals surface area contributed by atoms with Crippen LogP contribution in [-0.2, 0) is 10.0 Å². The Labute approximate surface area is 159 Å². The van der Waals surface area contributed by atoms with Crippen molar-refractivity contribution < 1.29 is 18.9 Å². The fraction of sp³-hybridized carbons (Fsp3) is 0.368. The second-order valence-corrected chi connectivity index (χ2v) is 9.23. The molecule has 3 atom stereocenters. The molecule has 8 heteroatoms. The van der Waals surface area contributed by atoms with E-state index in [-0.39, 0.29) is 22.5 Å². The van der Waals surface area contributed by atoms with Crippen LogP contribution in [0.15, 0.2) is 47.4 Å². The first-order valence-electron chi connectivity index (χ1n) is 8.96. The first-order chi connectivity index (χ1) is 12.8. The molecule has 0 bridgehead atoms. The highest BCUT2D eigenvalue weighted by Gasteiger charge is 2.46. The average molecular weight is 389 g/mol. The Hall–Kier alpha value is -1.97. The van der Waals surface area contributed by atoms with Gasteiger partial charge >= 0.3 is 0 Å². The number of nitrogens with zero attached hydrogens (tertiary/aromatic N) is 2. The van der Waals surface area contributed by atoms with Crippen molar-refractivity contribution in [3.05, 3.63) is 58.8 Å². The van der Waals surface area contributed by atoms with Crippen LogP contribution in [0.1, 0.15) is 23.5 Å². The lowest BCUT2D eigenvalue weighted by atomic mass is 9.89. The number of likely N-dealkylation sites (N-methyl/N-ethyl adjacent to an activating group) is 1. The summed E-state index contributed by atoms with van der Waals surface area (Å²) in [5.74, 6) is 0.145. The van der Waals surface area contributed by atoms with Crippen LogP contribution in [0.5, 0.6) is 0 Å². The van der Waals surface area contributed by atoms with E-state index < -0.39 is 15.2 Å². The Morgan fingerprint density at radius 1 is 1.19 bits per heavy atom. The molecule has 0 amide bonds. The van der Waals surface area contributed by atoms with Crippen molar-refractivity contribution in [3.8, 4) is 0 Å². The predicted molar refractivity (Wildman–Crippen MR) is 102 cm³/mol. The molecule has 1 saturated heterocycles. The lowest BCUT2D eigenvalue weighted by molar-refractivity contribution is -0.991. The molecule has 1 fully saturated rings. The zero-order valence-corrected chi connectivity index (χ0v) is 16.1. The monoisotopic (exact) mass is 389 g/mol. The van der Waals surface area contributed by atoms with Crippen LogP contribution in [0.4, 0.5) is 11.4 Å². The average Bonchev–Trinajstić information content (AvgIpc) is 2.95. The number of sulfonamides is 1. The van der Waals surface area contributed by atoms with Crippen molar-refractivity contribution in [1.29, 1.82) is 0 Å². The van der Waals surface area contributed by atoms with E-state index in [1.165, 1.54) is 24.3 Å². The van der Waals surface area contributed by atoms with Crippen molar-refractivity contribution >= 4 is 21.4 Å². The molecule has 0 aromatic heterocycles. The summed E-state index contributed by atoms with van der Waals surface area (Å²) in [5, 5.41) is 19.1. The Morgan fingerprint density at radius 2 is 1.89 bits per heavy atom. The van der Waals surface area contributed by atoms with Crippen LogP contribution in [-0.4, -0.2) is 44.7 Å². The zero-order valence-electron chi connectivity index (χ0n) is 15.3. The zero-order chi connectivity index (χ0) is 19.3. The lowest BCUT2D eigenvalue weighted by Gasteiger charge is -2.36. The van der Waals surface area contributed by atoms with Gasteiger partial charge in [-0.05, 0) is 50.7 Å². The van der Waals surface area contributed by atoms with E-state index in [0.717, 1.165) is 36.3 Å². The molecule has 4 rings (SSSR count). The maximum atomic E-state index is 13.5. The molecule has 27 heavy (non-hydrogen) atoms. The number of hydrogen-bond donors (Lipinski definition) is 2. The minimum atomic E-state index is -3.77. The van der Waals surface area contributed by atoms with Gasteiger partial charge in [0.1, 0.15) is 0 Å². The third-order valence-corrected chi connectivity index (χ3v) is 7.41. The van der Waals surface area contributed by atoms with Gasteiger partial charge in [-0.3, -0.25) is 4.31 Å². The van der Waals surface area contributed by atoms with Crippen molar-refractivity contribution in [3.63, 3.8) is 0 Å². The van der Waals surface area contributed by atoms with Gasteiger partial charge < -0.3 is 10.1 Å². The van der Waals surface area contributed by atoms with Crippen molar-refractivity contribution in [2.24, 2.45) is 0 Å². The van der Waals surface area contributed by atoms with E-state index in [1.54, 1.807) is 4.31 Å². The Bertz CT molecular complexity index is 959. The fourth-order valence-corrected chi connectivity index (χ4v) is 5.97. The molecule has 2 aromatic rings. The summed E-state index contributed by atoms with van der Waals surface area (Å²) in [5.41, 5.74) is 3.01. The molecule has 2 heterocycles. The second-order valence-electron chi connectivity index (χ2n) is 7.42. The summed E-state index contributed by atoms with van der Waals surface area (Å²) in [7, 11) is -1.71. The summed E-state index contributed by atoms with van der Waals surface area (Å²) in [6.45, 7) is 3.69. The number of likely N-dealkylation sites (tertiary alicyclic amines) is 1. The Kier molecular flexibility index (Phi) is 4.48. The van der Waals surface area contributed by atoms with Crippen molar-refractivity contribution in [2.45, 2.75) is 30.2 Å². The number of fused-ring (bicyclic) bond motifs is 3. The van der Waals surface area contributed by atoms with E-state index >= 15 is 0 Å². The molecule has 0 radical (unpaired) electrons. The second kappa shape index (κ2) is 6.57. The summed E-state index contributed by atoms with van der Waals surface area (Å²) in [6.07, 6.45) is 0.765. The van der Waals surface area contributed by atoms with Gasteiger partial charge in [0.15, 0.2) is 5.69 Å². The quantitative estimate of drug-likeness (QED) is 0.775. The summed E-state index contributed by atoms with van der Waals surface area (Å²) in [6, 6.07) is 11.3. The highest BCUT2D eigenvalue weighted by molar-refractivity contribution is 7.92. The van der Waals surface area contributed by atoms with Gasteiger partial charge in [-0.2, -0.15) is 5.23 Å². The number of quaternary nitrogens is 1. The summed E-state index contributed by atoms with van der Waals surface area (Å²) >= 11 is 0. The third kappa shape index (κ3) is 3.03. The standard InChI is InChI=1S/C19H23N3O4S/c1-13-3-8-18-16(11-13)17-12-20(2)10-9-19(17)21(18)27(25,26)15-6-4-14(5-7-15)22(23)24/h3-8,11,17,19,22-23H,9-10,12H2,1-2H3. The van der Waals surface area contributed by atoms with Gasteiger partial charge in [-0.15, -0.1) is 0 Å². The molecule has 144 valence electrons. The number of hydrogen-bond acceptors (Lipinski definition) is 5. The maximum Gasteiger partial charge on any atom is 0.264 e. The Balaban J connectivity index is 1.80. The molecule has 0 spiro atoms. The van der Waals surface area contributed by atoms with Gasteiger partial charge in [0.25, 0.3) is 10.0 Å². The minimum Gasteiger partial charge on any atom is -0.595 e. The smallest absolute Gasteiger partial charge is 0.264 e. The van der Waals surface area contributed by atoms with Gasteiger partial charge in [-0.1, -0.05) is 17.7 Å². The summed E-state index contributed by atoms with van der Waals surface area (Å²) in [4.78, 5) is 2.36. The van der Waals surface area contributed by atoms with Gasteiger partial charge in [0, 0.05) is 24.6 Å². The van der Waals surface area contributed by atoms with Crippen molar-refractivity contribution in [1.82, 2.24) is 4.90 Å². The number of anilines is 1. The van der Waals surface area contributed by atoms with Crippen LogP contribution in [0, 0.1) is 12.1 Å². The van der Waals surface area contributed by atoms with Crippen LogP contribution in [0.2, 0.25) is 0 Å². The van der Waals surface area contributed by atoms with Gasteiger partial charge in [0.2, 0.25) is 0 Å². The molecule has 0 aliphatic carbocycles. The molecule has 2 aliphatic heterocycles.